The van der Waals surface area contributed by atoms with E-state index in [-0.39, 0.29) is 18.6 Å². The SMILES string of the molecule is Cc1ccc(CN(C)C(=O)CN2CCC(C)C2CO)cc1. The molecule has 21 heavy (non-hydrogen) atoms. The van der Waals surface area contributed by atoms with E-state index < -0.39 is 0 Å². The lowest BCUT2D eigenvalue weighted by atomic mass is 10.0. The number of aryl methyl sites for hydroxylation is 1. The topological polar surface area (TPSA) is 43.8 Å². The highest BCUT2D eigenvalue weighted by Crippen LogP contribution is 2.23. The van der Waals surface area contributed by atoms with Crippen molar-refractivity contribution in [1.29, 1.82) is 0 Å². The van der Waals surface area contributed by atoms with Crippen LogP contribution in [-0.2, 0) is 11.3 Å². The van der Waals surface area contributed by atoms with E-state index >= 15 is 0 Å². The molecule has 2 unspecified atom stereocenters. The number of likely N-dealkylation sites (N-methyl/N-ethyl adjacent to an activating group) is 1. The summed E-state index contributed by atoms with van der Waals surface area (Å²) in [5.74, 6) is 0.577. The average molecular weight is 290 g/mol. The summed E-state index contributed by atoms with van der Waals surface area (Å²) in [6.07, 6.45) is 1.06. The van der Waals surface area contributed by atoms with Crippen molar-refractivity contribution < 1.29 is 9.90 Å². The highest BCUT2D eigenvalue weighted by Gasteiger charge is 2.32. The molecule has 2 atom stereocenters. The minimum atomic E-state index is 0.114. The van der Waals surface area contributed by atoms with E-state index in [1.54, 1.807) is 4.90 Å². The van der Waals surface area contributed by atoms with Crippen LogP contribution in [-0.4, -0.2) is 53.6 Å². The van der Waals surface area contributed by atoms with E-state index in [0.717, 1.165) is 18.5 Å². The lowest BCUT2D eigenvalue weighted by molar-refractivity contribution is -0.132. The minimum absolute atomic E-state index is 0.114. The maximum atomic E-state index is 12.3. The second kappa shape index (κ2) is 7.05. The van der Waals surface area contributed by atoms with Crippen LogP contribution in [0.15, 0.2) is 24.3 Å². The summed E-state index contributed by atoms with van der Waals surface area (Å²) in [5.41, 5.74) is 2.37. The van der Waals surface area contributed by atoms with Crippen molar-refractivity contribution in [1.82, 2.24) is 9.80 Å². The number of likely N-dealkylation sites (tertiary alicyclic amines) is 1. The molecular formula is C17H26N2O2. The van der Waals surface area contributed by atoms with Crippen LogP contribution in [0.2, 0.25) is 0 Å². The molecule has 0 radical (unpaired) electrons. The lowest BCUT2D eigenvalue weighted by Crippen LogP contribution is -2.42. The summed E-state index contributed by atoms with van der Waals surface area (Å²) in [4.78, 5) is 16.2. The third-order valence-electron chi connectivity index (χ3n) is 4.49. The maximum absolute atomic E-state index is 12.3. The Bertz CT molecular complexity index is 472. The monoisotopic (exact) mass is 290 g/mol. The van der Waals surface area contributed by atoms with E-state index in [2.05, 4.69) is 43.0 Å². The molecule has 4 heteroatoms. The molecule has 0 spiro atoms. The van der Waals surface area contributed by atoms with Crippen LogP contribution in [0.3, 0.4) is 0 Å². The van der Waals surface area contributed by atoms with Crippen LogP contribution in [0.1, 0.15) is 24.5 Å². The maximum Gasteiger partial charge on any atom is 0.236 e. The van der Waals surface area contributed by atoms with E-state index in [9.17, 15) is 9.90 Å². The molecule has 0 aliphatic carbocycles. The lowest BCUT2D eigenvalue weighted by Gasteiger charge is -2.27. The van der Waals surface area contributed by atoms with Gasteiger partial charge in [-0.2, -0.15) is 0 Å². The first-order valence-corrected chi connectivity index (χ1v) is 7.65. The van der Waals surface area contributed by atoms with Crippen molar-refractivity contribution in [3.05, 3.63) is 35.4 Å². The molecule has 0 saturated carbocycles. The van der Waals surface area contributed by atoms with Gasteiger partial charge in [0, 0.05) is 19.6 Å². The van der Waals surface area contributed by atoms with E-state index in [1.165, 1.54) is 5.56 Å². The van der Waals surface area contributed by atoms with E-state index in [4.69, 9.17) is 0 Å². The van der Waals surface area contributed by atoms with Gasteiger partial charge in [-0.05, 0) is 31.4 Å². The summed E-state index contributed by atoms with van der Waals surface area (Å²) in [5, 5.41) is 9.45. The summed E-state index contributed by atoms with van der Waals surface area (Å²) in [6.45, 7) is 6.26. The first-order valence-electron chi connectivity index (χ1n) is 7.65. The summed E-state index contributed by atoms with van der Waals surface area (Å²) in [7, 11) is 1.84. The highest BCUT2D eigenvalue weighted by atomic mass is 16.3. The minimum Gasteiger partial charge on any atom is -0.395 e. The molecule has 1 aliphatic heterocycles. The van der Waals surface area contributed by atoms with Gasteiger partial charge in [-0.1, -0.05) is 36.8 Å². The number of nitrogens with zero attached hydrogens (tertiary/aromatic N) is 2. The van der Waals surface area contributed by atoms with Gasteiger partial charge in [0.1, 0.15) is 0 Å². The van der Waals surface area contributed by atoms with Gasteiger partial charge >= 0.3 is 0 Å². The molecule has 116 valence electrons. The smallest absolute Gasteiger partial charge is 0.236 e. The Morgan fingerprint density at radius 1 is 1.38 bits per heavy atom. The normalized spacial score (nSPS) is 22.5. The van der Waals surface area contributed by atoms with Gasteiger partial charge in [0.15, 0.2) is 0 Å². The second-order valence-corrected chi connectivity index (χ2v) is 6.22. The van der Waals surface area contributed by atoms with Gasteiger partial charge in [-0.25, -0.2) is 0 Å². The predicted molar refractivity (Wildman–Crippen MR) is 83.9 cm³/mol. The van der Waals surface area contributed by atoms with Crippen molar-refractivity contribution in [2.24, 2.45) is 5.92 Å². The summed E-state index contributed by atoms with van der Waals surface area (Å²) < 4.78 is 0. The van der Waals surface area contributed by atoms with Gasteiger partial charge in [0.05, 0.1) is 13.2 Å². The Morgan fingerprint density at radius 2 is 2.05 bits per heavy atom. The molecule has 4 nitrogen and oxygen atoms in total. The highest BCUT2D eigenvalue weighted by molar-refractivity contribution is 5.78. The van der Waals surface area contributed by atoms with Gasteiger partial charge in [0.25, 0.3) is 0 Å². The number of carbonyl (C=O) groups excluding carboxylic acids is 1. The Hall–Kier alpha value is -1.39. The van der Waals surface area contributed by atoms with Crippen molar-refractivity contribution in [3.63, 3.8) is 0 Å². The molecule has 1 saturated heterocycles. The van der Waals surface area contributed by atoms with Crippen LogP contribution in [0.5, 0.6) is 0 Å². The second-order valence-electron chi connectivity index (χ2n) is 6.22. The molecule has 0 bridgehead atoms. The number of aliphatic hydroxyl groups excluding tert-OH is 1. The number of benzene rings is 1. The molecule has 1 fully saturated rings. The predicted octanol–water partition coefficient (Wildman–Crippen LogP) is 1.66. The molecular weight excluding hydrogens is 264 g/mol. The van der Waals surface area contributed by atoms with Crippen LogP contribution in [0, 0.1) is 12.8 Å². The average Bonchev–Trinajstić information content (AvgIpc) is 2.81. The van der Waals surface area contributed by atoms with Gasteiger partial charge in [0.2, 0.25) is 5.91 Å². The standard InChI is InChI=1S/C17H26N2O2/c1-13-4-6-15(7-5-13)10-18(3)17(21)11-19-9-8-14(2)16(19)12-20/h4-7,14,16,20H,8-12H2,1-3H3. The zero-order valence-electron chi connectivity index (χ0n) is 13.2. The number of hydrogen-bond donors (Lipinski definition) is 1. The molecule has 1 aromatic carbocycles. The third kappa shape index (κ3) is 4.05. The molecule has 1 heterocycles. The number of carbonyl (C=O) groups is 1. The Kier molecular flexibility index (Phi) is 5.37. The molecule has 0 aromatic heterocycles. The quantitative estimate of drug-likeness (QED) is 0.897. The fourth-order valence-electron chi connectivity index (χ4n) is 2.93. The number of amides is 1. The zero-order chi connectivity index (χ0) is 15.4. The van der Waals surface area contributed by atoms with Crippen LogP contribution in [0.25, 0.3) is 0 Å². The van der Waals surface area contributed by atoms with Gasteiger partial charge in [-0.3, -0.25) is 9.69 Å². The number of aliphatic hydroxyl groups is 1. The Labute approximate surface area is 127 Å². The van der Waals surface area contributed by atoms with Crippen LogP contribution >= 0.6 is 0 Å². The molecule has 1 amide bonds. The molecule has 1 N–H and O–H groups in total. The van der Waals surface area contributed by atoms with Crippen molar-refractivity contribution in [2.75, 3.05) is 26.7 Å². The van der Waals surface area contributed by atoms with Crippen LogP contribution in [0.4, 0.5) is 0 Å². The Morgan fingerprint density at radius 3 is 2.67 bits per heavy atom. The zero-order valence-corrected chi connectivity index (χ0v) is 13.2. The van der Waals surface area contributed by atoms with Gasteiger partial charge < -0.3 is 10.0 Å². The van der Waals surface area contributed by atoms with Crippen LogP contribution < -0.4 is 0 Å². The van der Waals surface area contributed by atoms with Crippen molar-refractivity contribution in [3.8, 4) is 0 Å². The van der Waals surface area contributed by atoms with E-state index in [1.807, 2.05) is 7.05 Å². The van der Waals surface area contributed by atoms with Crippen molar-refractivity contribution >= 4 is 5.91 Å². The first kappa shape index (κ1) is 16.0. The summed E-state index contributed by atoms with van der Waals surface area (Å²) in [6, 6.07) is 8.39. The fraction of sp³-hybridized carbons (Fsp3) is 0.588. The third-order valence-corrected chi connectivity index (χ3v) is 4.49. The first-order chi connectivity index (χ1) is 10.0. The number of rotatable bonds is 5. The Balaban J connectivity index is 1.89. The molecule has 2 rings (SSSR count). The fourth-order valence-corrected chi connectivity index (χ4v) is 2.93. The molecule has 1 aromatic rings. The number of hydrogen-bond acceptors (Lipinski definition) is 3. The van der Waals surface area contributed by atoms with Gasteiger partial charge in [-0.15, -0.1) is 0 Å². The van der Waals surface area contributed by atoms with E-state index in [0.29, 0.717) is 19.0 Å². The molecule has 1 aliphatic rings. The van der Waals surface area contributed by atoms with Crippen molar-refractivity contribution in [2.45, 2.75) is 32.9 Å². The largest absolute Gasteiger partial charge is 0.395 e. The summed E-state index contributed by atoms with van der Waals surface area (Å²) >= 11 is 0.